The molecular weight excluding hydrogens is 1170 g/mol. The Kier molecular flexibility index (Phi) is 21.4. The molecule has 0 saturated heterocycles. The summed E-state index contributed by atoms with van der Waals surface area (Å²) in [5, 5.41) is 12.1. The molecule has 15 nitrogen and oxygen atoms in total. The highest BCUT2D eigenvalue weighted by molar-refractivity contribution is 9.10. The molecule has 9 aromatic rings. The number of nitrogens with one attached hydrogen (secondary N) is 6. The SMILES string of the molecule is C[C@H](NC(=O)[C@@H]1CC[C@@H](c2ccccc2)C1)C(=O)CCc1cc2c(Br)cncc2[nH]1.C[C@H](NC(=O)[C@@H]1CC[C@@H](c2ccccc2)C1)C(=O)CCc1cc2ccncc2[nH]1.C[C@H](NC(=O)[C@@H]1CC[C@@H](c2ccccc2)C1)C(=O)CCc1cc2ccncc2[nH]1. The van der Waals surface area contributed by atoms with E-state index in [0.29, 0.717) is 56.3 Å². The van der Waals surface area contributed by atoms with E-state index in [1.54, 1.807) is 58.0 Å². The number of hydrogen-bond acceptors (Lipinski definition) is 9. The lowest BCUT2D eigenvalue weighted by atomic mass is 9.96. The van der Waals surface area contributed by atoms with E-state index in [2.05, 4.69) is 110 Å². The Labute approximate surface area is 523 Å². The van der Waals surface area contributed by atoms with Gasteiger partial charge < -0.3 is 30.9 Å². The van der Waals surface area contributed by atoms with Gasteiger partial charge in [-0.05, 0) is 179 Å². The molecule has 16 heteroatoms. The van der Waals surface area contributed by atoms with Crippen molar-refractivity contribution in [2.75, 3.05) is 0 Å². The molecule has 3 aromatic carbocycles. The molecule has 0 radical (unpaired) electrons. The third-order valence-electron chi connectivity index (χ3n) is 18.2. The predicted molar refractivity (Wildman–Crippen MR) is 348 cm³/mol. The Morgan fingerprint density at radius 1 is 0.443 bits per heavy atom. The lowest BCUT2D eigenvalue weighted by Crippen LogP contribution is -2.41. The fraction of sp³-hybridized carbons (Fsp3) is 0.375. The van der Waals surface area contributed by atoms with Crippen molar-refractivity contribution in [3.8, 4) is 0 Å². The molecule has 3 aliphatic carbocycles. The molecule has 3 fully saturated rings. The first-order chi connectivity index (χ1) is 42.7. The minimum atomic E-state index is -0.467. The van der Waals surface area contributed by atoms with Crippen molar-refractivity contribution < 1.29 is 28.8 Å². The molecule has 6 aromatic heterocycles. The van der Waals surface area contributed by atoms with Crippen LogP contribution >= 0.6 is 15.9 Å². The number of H-pyrrole nitrogens is 3. The fourth-order valence-electron chi connectivity index (χ4n) is 12.9. The van der Waals surface area contributed by atoms with Crippen LogP contribution in [0.25, 0.3) is 32.7 Å². The van der Waals surface area contributed by atoms with Gasteiger partial charge in [0.15, 0.2) is 17.3 Å². The highest BCUT2D eigenvalue weighted by Crippen LogP contribution is 2.41. The van der Waals surface area contributed by atoms with Crippen molar-refractivity contribution in [2.45, 2.75) is 153 Å². The molecule has 9 atom stereocenters. The maximum atomic E-state index is 12.7. The van der Waals surface area contributed by atoms with Gasteiger partial charge in [0.2, 0.25) is 17.7 Å². The lowest BCUT2D eigenvalue weighted by molar-refractivity contribution is -0.129. The van der Waals surface area contributed by atoms with Crippen LogP contribution in [-0.4, -0.2) is 83.1 Å². The summed E-state index contributed by atoms with van der Waals surface area (Å²) in [6, 6.07) is 39.8. The minimum Gasteiger partial charge on any atom is -0.357 e. The van der Waals surface area contributed by atoms with Gasteiger partial charge in [0.05, 0.1) is 53.3 Å². The monoisotopic (exact) mass is 1250 g/mol. The standard InChI is InChI=1S/C24H26BrN3O2.2C24H27N3O2/c1-15(23(29)10-9-19-12-20-21(25)13-26-14-22(20)28-19)27-24(30)18-8-7-17(11-18)16-5-3-2-4-6-16;2*1-16(23(28)10-9-21-14-19-11-12-25-15-22(19)27-21)26-24(29)20-8-7-18(13-20)17-5-3-2-4-6-17/h2-6,12-15,17-18,28H,7-11H2,1H3,(H,27,30);2*2-6,11-12,14-16,18,20,27H,7-10,13H2,1H3,(H,26,29)/t15-,17+,18+;2*16-,18+,20+/m000/s1. The summed E-state index contributed by atoms with van der Waals surface area (Å²) in [5.41, 5.74) is 9.84. The summed E-state index contributed by atoms with van der Waals surface area (Å²) in [5.74, 6) is 1.51. The Balaban J connectivity index is 0.000000146. The second-order valence-corrected chi connectivity index (χ2v) is 25.2. The second-order valence-electron chi connectivity index (χ2n) is 24.3. The van der Waals surface area contributed by atoms with Crippen molar-refractivity contribution >= 4 is 83.7 Å². The Morgan fingerprint density at radius 2 is 0.784 bits per heavy atom. The predicted octanol–water partition coefficient (Wildman–Crippen LogP) is 13.2. The van der Waals surface area contributed by atoms with Crippen molar-refractivity contribution in [3.05, 3.63) is 197 Å². The number of halogens is 1. The maximum absolute atomic E-state index is 12.7. The zero-order valence-corrected chi connectivity index (χ0v) is 52.1. The number of amides is 3. The molecule has 0 unspecified atom stereocenters. The maximum Gasteiger partial charge on any atom is 0.223 e. The van der Waals surface area contributed by atoms with Gasteiger partial charge in [-0.2, -0.15) is 0 Å². The van der Waals surface area contributed by atoms with Gasteiger partial charge in [0, 0.05) is 93.3 Å². The number of aromatic nitrogens is 6. The fourth-order valence-corrected chi connectivity index (χ4v) is 13.4. The molecule has 3 saturated carbocycles. The molecule has 0 spiro atoms. The van der Waals surface area contributed by atoms with Crippen LogP contribution in [0.4, 0.5) is 0 Å². The van der Waals surface area contributed by atoms with Gasteiger partial charge in [-0.1, -0.05) is 91.0 Å². The van der Waals surface area contributed by atoms with Crippen LogP contribution in [0.3, 0.4) is 0 Å². The summed E-state index contributed by atoms with van der Waals surface area (Å²) in [7, 11) is 0. The number of pyridine rings is 3. The number of aromatic amines is 3. The minimum absolute atomic E-state index is 0.00309. The average molecular weight is 1250 g/mol. The normalized spacial score (nSPS) is 19.8. The first-order valence-corrected chi connectivity index (χ1v) is 32.1. The molecule has 456 valence electrons. The summed E-state index contributed by atoms with van der Waals surface area (Å²) in [4.78, 5) is 97.9. The third kappa shape index (κ3) is 16.6. The van der Waals surface area contributed by atoms with E-state index in [1.165, 1.54) is 16.7 Å². The molecule has 88 heavy (non-hydrogen) atoms. The number of aryl methyl sites for hydroxylation is 3. The van der Waals surface area contributed by atoms with Crippen LogP contribution in [0.2, 0.25) is 0 Å². The van der Waals surface area contributed by atoms with Gasteiger partial charge >= 0.3 is 0 Å². The number of Topliss-reactive ketones (excluding diaryl/α,β-unsaturated/α-hetero) is 3. The molecular formula is C72H80BrN9O6. The Hall–Kier alpha value is -8.37. The third-order valence-corrected chi connectivity index (χ3v) is 18.8. The summed E-state index contributed by atoms with van der Waals surface area (Å²) < 4.78 is 0.930. The molecule has 0 bridgehead atoms. The Bertz CT molecular complexity index is 3600. The molecule has 0 aliphatic heterocycles. The van der Waals surface area contributed by atoms with E-state index in [-0.39, 0.29) is 52.8 Å². The van der Waals surface area contributed by atoms with Crippen LogP contribution in [0.5, 0.6) is 0 Å². The quantitative estimate of drug-likeness (QED) is 0.0402. The van der Waals surface area contributed by atoms with Gasteiger partial charge in [-0.3, -0.25) is 43.7 Å². The van der Waals surface area contributed by atoms with E-state index in [4.69, 9.17) is 0 Å². The van der Waals surface area contributed by atoms with Gasteiger partial charge in [-0.15, -0.1) is 0 Å². The number of carbonyl (C=O) groups excluding carboxylic acids is 6. The Morgan fingerprint density at radius 3 is 1.14 bits per heavy atom. The molecule has 12 rings (SSSR count). The largest absolute Gasteiger partial charge is 0.357 e. The molecule has 6 N–H and O–H groups in total. The van der Waals surface area contributed by atoms with Crippen molar-refractivity contribution in [1.82, 2.24) is 45.9 Å². The number of nitrogens with zero attached hydrogens (tertiary/aromatic N) is 3. The van der Waals surface area contributed by atoms with Gasteiger partial charge in [0.1, 0.15) is 0 Å². The second kappa shape index (κ2) is 30.0. The van der Waals surface area contributed by atoms with E-state index in [9.17, 15) is 28.8 Å². The van der Waals surface area contributed by atoms with Gasteiger partial charge in [0.25, 0.3) is 0 Å². The number of rotatable bonds is 21. The first kappa shape index (κ1) is 62.7. The number of ketones is 3. The lowest BCUT2D eigenvalue weighted by Gasteiger charge is -2.16. The summed E-state index contributed by atoms with van der Waals surface area (Å²) in [6.45, 7) is 5.37. The smallest absolute Gasteiger partial charge is 0.223 e. The molecule has 6 heterocycles. The zero-order chi connectivity index (χ0) is 61.5. The van der Waals surface area contributed by atoms with Crippen LogP contribution in [0.15, 0.2) is 163 Å². The zero-order valence-electron chi connectivity index (χ0n) is 50.5. The number of hydrogen-bond donors (Lipinski definition) is 6. The van der Waals surface area contributed by atoms with Crippen molar-refractivity contribution in [2.24, 2.45) is 17.8 Å². The van der Waals surface area contributed by atoms with Crippen molar-refractivity contribution in [1.29, 1.82) is 0 Å². The number of fused-ring (bicyclic) bond motifs is 3. The van der Waals surface area contributed by atoms with Gasteiger partial charge in [-0.25, -0.2) is 0 Å². The molecule has 3 aliphatic rings. The van der Waals surface area contributed by atoms with Crippen LogP contribution in [0.1, 0.15) is 149 Å². The van der Waals surface area contributed by atoms with Crippen LogP contribution < -0.4 is 16.0 Å². The van der Waals surface area contributed by atoms with E-state index in [0.717, 1.165) is 112 Å². The van der Waals surface area contributed by atoms with E-state index >= 15 is 0 Å². The first-order valence-electron chi connectivity index (χ1n) is 31.3. The summed E-state index contributed by atoms with van der Waals surface area (Å²) >= 11 is 3.49. The van der Waals surface area contributed by atoms with Crippen LogP contribution in [0, 0.1) is 17.8 Å². The number of benzene rings is 3. The molecule has 3 amide bonds. The summed E-state index contributed by atoms with van der Waals surface area (Å²) in [6.07, 6.45) is 22.0. The average Bonchev–Trinajstić information content (AvgIpc) is 3.83. The topological polar surface area (TPSA) is 225 Å². The van der Waals surface area contributed by atoms with Crippen molar-refractivity contribution in [3.63, 3.8) is 0 Å². The highest BCUT2D eigenvalue weighted by Gasteiger charge is 2.35. The highest BCUT2D eigenvalue weighted by atomic mass is 79.9. The van der Waals surface area contributed by atoms with Crippen LogP contribution in [-0.2, 0) is 48.0 Å². The van der Waals surface area contributed by atoms with E-state index < -0.39 is 18.1 Å². The number of carbonyl (C=O) groups is 6. The van der Waals surface area contributed by atoms with E-state index in [1.807, 2.05) is 72.8 Å².